The van der Waals surface area contributed by atoms with Crippen molar-refractivity contribution < 1.29 is 9.90 Å². The molecule has 0 amide bonds. The summed E-state index contributed by atoms with van der Waals surface area (Å²) in [6.07, 6.45) is 3.00. The summed E-state index contributed by atoms with van der Waals surface area (Å²) in [6.45, 7) is 6.24. The SMILES string of the molecule is CCCc1[nH]c(C)c(CCC(=O)O)c1C. The van der Waals surface area contributed by atoms with Gasteiger partial charge in [-0.15, -0.1) is 0 Å². The molecular weight excluding hydrogens is 190 g/mol. The van der Waals surface area contributed by atoms with Gasteiger partial charge in [0.05, 0.1) is 0 Å². The van der Waals surface area contributed by atoms with E-state index >= 15 is 0 Å². The summed E-state index contributed by atoms with van der Waals surface area (Å²) in [4.78, 5) is 13.9. The van der Waals surface area contributed by atoms with Crippen LogP contribution >= 0.6 is 0 Å². The van der Waals surface area contributed by atoms with Gasteiger partial charge in [0.25, 0.3) is 0 Å². The molecule has 0 aliphatic carbocycles. The van der Waals surface area contributed by atoms with Crippen LogP contribution in [0.1, 0.15) is 42.3 Å². The maximum Gasteiger partial charge on any atom is 0.303 e. The van der Waals surface area contributed by atoms with Crippen molar-refractivity contribution in [1.29, 1.82) is 0 Å². The summed E-state index contributed by atoms with van der Waals surface area (Å²) in [5.74, 6) is -0.730. The van der Waals surface area contributed by atoms with E-state index in [1.54, 1.807) is 0 Å². The molecule has 0 radical (unpaired) electrons. The molecule has 0 unspecified atom stereocenters. The minimum absolute atomic E-state index is 0.213. The Morgan fingerprint density at radius 3 is 2.53 bits per heavy atom. The minimum Gasteiger partial charge on any atom is -0.481 e. The highest BCUT2D eigenvalue weighted by Crippen LogP contribution is 2.20. The van der Waals surface area contributed by atoms with Crippen LogP contribution in [0.3, 0.4) is 0 Å². The van der Waals surface area contributed by atoms with Crippen molar-refractivity contribution >= 4 is 5.97 Å². The number of hydrogen-bond acceptors (Lipinski definition) is 1. The highest BCUT2D eigenvalue weighted by Gasteiger charge is 2.11. The van der Waals surface area contributed by atoms with Crippen LogP contribution in [0.25, 0.3) is 0 Å². The monoisotopic (exact) mass is 209 g/mol. The van der Waals surface area contributed by atoms with Crippen molar-refractivity contribution in [3.05, 3.63) is 22.5 Å². The molecule has 1 rings (SSSR count). The Balaban J connectivity index is 2.82. The van der Waals surface area contributed by atoms with Gasteiger partial charge in [0.2, 0.25) is 0 Å². The van der Waals surface area contributed by atoms with Crippen LogP contribution in [0, 0.1) is 13.8 Å². The molecule has 0 fully saturated rings. The molecule has 0 aliphatic heterocycles. The van der Waals surface area contributed by atoms with Gasteiger partial charge in [-0.1, -0.05) is 13.3 Å². The Morgan fingerprint density at radius 2 is 2.00 bits per heavy atom. The van der Waals surface area contributed by atoms with Gasteiger partial charge in [-0.05, 0) is 37.8 Å². The quantitative estimate of drug-likeness (QED) is 0.783. The Labute approximate surface area is 90.5 Å². The number of carbonyl (C=O) groups is 1. The van der Waals surface area contributed by atoms with Crippen molar-refractivity contribution in [3.63, 3.8) is 0 Å². The van der Waals surface area contributed by atoms with Crippen LogP contribution < -0.4 is 0 Å². The number of aromatic nitrogens is 1. The first kappa shape index (κ1) is 11.8. The standard InChI is InChI=1S/C12H19NO2/c1-4-5-11-8(2)10(9(3)13-11)6-7-12(14)15/h13H,4-7H2,1-3H3,(H,14,15). The lowest BCUT2D eigenvalue weighted by Gasteiger charge is -2.00. The molecule has 1 heterocycles. The predicted octanol–water partition coefficient (Wildman–Crippen LogP) is 2.60. The number of carboxylic acid groups (broad SMARTS) is 1. The zero-order chi connectivity index (χ0) is 11.4. The fraction of sp³-hybridized carbons (Fsp3) is 0.583. The molecule has 3 nitrogen and oxygen atoms in total. The molecule has 0 saturated carbocycles. The second-order valence-electron chi connectivity index (χ2n) is 3.98. The first-order valence-electron chi connectivity index (χ1n) is 5.45. The van der Waals surface area contributed by atoms with Gasteiger partial charge in [0.15, 0.2) is 0 Å². The molecule has 2 N–H and O–H groups in total. The van der Waals surface area contributed by atoms with Crippen molar-refractivity contribution in [1.82, 2.24) is 4.98 Å². The smallest absolute Gasteiger partial charge is 0.303 e. The Hall–Kier alpha value is -1.25. The van der Waals surface area contributed by atoms with E-state index in [2.05, 4.69) is 18.8 Å². The zero-order valence-electron chi connectivity index (χ0n) is 9.68. The maximum absolute atomic E-state index is 10.5. The predicted molar refractivity (Wildman–Crippen MR) is 60.2 cm³/mol. The fourth-order valence-corrected chi connectivity index (χ4v) is 1.97. The van der Waals surface area contributed by atoms with Gasteiger partial charge in [0, 0.05) is 17.8 Å². The van der Waals surface area contributed by atoms with E-state index < -0.39 is 5.97 Å². The Kier molecular flexibility index (Phi) is 3.95. The van der Waals surface area contributed by atoms with Crippen molar-refractivity contribution in [3.8, 4) is 0 Å². The summed E-state index contributed by atoms with van der Waals surface area (Å²) in [7, 11) is 0. The second-order valence-corrected chi connectivity index (χ2v) is 3.98. The van der Waals surface area contributed by atoms with Gasteiger partial charge in [-0.2, -0.15) is 0 Å². The normalized spacial score (nSPS) is 10.6. The van der Waals surface area contributed by atoms with Crippen LogP contribution in [-0.4, -0.2) is 16.1 Å². The molecule has 0 aliphatic rings. The van der Waals surface area contributed by atoms with Crippen LogP contribution in [0.4, 0.5) is 0 Å². The van der Waals surface area contributed by atoms with Gasteiger partial charge in [-0.25, -0.2) is 0 Å². The Bertz CT molecular complexity index is 353. The van der Waals surface area contributed by atoms with Crippen LogP contribution in [-0.2, 0) is 17.6 Å². The number of hydrogen-bond donors (Lipinski definition) is 2. The first-order chi connectivity index (χ1) is 7.06. The van der Waals surface area contributed by atoms with Crippen molar-refractivity contribution in [2.45, 2.75) is 46.5 Å². The topological polar surface area (TPSA) is 53.1 Å². The van der Waals surface area contributed by atoms with Gasteiger partial charge < -0.3 is 10.1 Å². The summed E-state index contributed by atoms with van der Waals surface area (Å²) >= 11 is 0. The van der Waals surface area contributed by atoms with E-state index in [1.807, 2.05) is 6.92 Å². The average Bonchev–Trinajstić information content (AvgIpc) is 2.40. The lowest BCUT2D eigenvalue weighted by molar-refractivity contribution is -0.136. The van der Waals surface area contributed by atoms with Crippen LogP contribution in [0.5, 0.6) is 0 Å². The fourth-order valence-electron chi connectivity index (χ4n) is 1.97. The number of carboxylic acids is 1. The largest absolute Gasteiger partial charge is 0.481 e. The molecule has 0 bridgehead atoms. The third-order valence-electron chi connectivity index (χ3n) is 2.79. The number of nitrogens with one attached hydrogen (secondary N) is 1. The number of rotatable bonds is 5. The molecule has 84 valence electrons. The molecule has 0 atom stereocenters. The molecule has 1 aromatic heterocycles. The van der Waals surface area contributed by atoms with Gasteiger partial charge >= 0.3 is 5.97 Å². The minimum atomic E-state index is -0.730. The lowest BCUT2D eigenvalue weighted by Crippen LogP contribution is -1.99. The number of aliphatic carboxylic acids is 1. The van der Waals surface area contributed by atoms with Gasteiger partial charge in [-0.3, -0.25) is 4.79 Å². The van der Waals surface area contributed by atoms with E-state index in [4.69, 9.17) is 5.11 Å². The molecular formula is C12H19NO2. The average molecular weight is 209 g/mol. The number of aryl methyl sites for hydroxylation is 2. The van der Waals surface area contributed by atoms with Crippen molar-refractivity contribution in [2.75, 3.05) is 0 Å². The maximum atomic E-state index is 10.5. The highest BCUT2D eigenvalue weighted by molar-refractivity contribution is 5.67. The summed E-state index contributed by atoms with van der Waals surface area (Å²) < 4.78 is 0. The molecule has 3 heteroatoms. The molecule has 1 aromatic rings. The summed E-state index contributed by atoms with van der Waals surface area (Å²) in [6, 6.07) is 0. The number of aromatic amines is 1. The first-order valence-corrected chi connectivity index (χ1v) is 5.45. The van der Waals surface area contributed by atoms with Gasteiger partial charge in [0.1, 0.15) is 0 Å². The zero-order valence-corrected chi connectivity index (χ0v) is 9.68. The lowest BCUT2D eigenvalue weighted by atomic mass is 10.0. The Morgan fingerprint density at radius 1 is 1.33 bits per heavy atom. The highest BCUT2D eigenvalue weighted by atomic mass is 16.4. The summed E-state index contributed by atoms with van der Waals surface area (Å²) in [5, 5.41) is 8.66. The molecule has 0 aromatic carbocycles. The molecule has 15 heavy (non-hydrogen) atoms. The van der Waals surface area contributed by atoms with Crippen LogP contribution in [0.2, 0.25) is 0 Å². The van der Waals surface area contributed by atoms with Crippen LogP contribution in [0.15, 0.2) is 0 Å². The van der Waals surface area contributed by atoms with E-state index in [0.717, 1.165) is 18.5 Å². The van der Waals surface area contributed by atoms with E-state index in [1.165, 1.54) is 16.8 Å². The second kappa shape index (κ2) is 5.01. The van der Waals surface area contributed by atoms with Crippen molar-refractivity contribution in [2.24, 2.45) is 0 Å². The third kappa shape index (κ3) is 2.85. The van der Waals surface area contributed by atoms with E-state index in [9.17, 15) is 4.79 Å². The summed E-state index contributed by atoms with van der Waals surface area (Å²) in [5.41, 5.74) is 4.81. The van der Waals surface area contributed by atoms with E-state index in [-0.39, 0.29) is 6.42 Å². The number of H-pyrrole nitrogens is 1. The third-order valence-corrected chi connectivity index (χ3v) is 2.79. The molecule has 0 saturated heterocycles. The molecule has 0 spiro atoms. The van der Waals surface area contributed by atoms with E-state index in [0.29, 0.717) is 6.42 Å².